The Kier molecular flexibility index (Phi) is 5.46. The molecular formula is C18H21N7O5. The number of nitrogen functional groups attached to an aromatic ring is 1. The highest BCUT2D eigenvalue weighted by Gasteiger charge is 2.45. The first kappa shape index (κ1) is 20.0. The van der Waals surface area contributed by atoms with Crippen LogP contribution in [0.2, 0.25) is 0 Å². The van der Waals surface area contributed by atoms with Gasteiger partial charge in [-0.15, -0.1) is 0 Å². The predicted octanol–water partition coefficient (Wildman–Crippen LogP) is -0.525. The minimum atomic E-state index is -1.33. The molecule has 1 fully saturated rings. The van der Waals surface area contributed by atoms with E-state index in [9.17, 15) is 15.3 Å². The number of nitrogens with one attached hydrogen (secondary N) is 1. The van der Waals surface area contributed by atoms with Gasteiger partial charge in [-0.1, -0.05) is 0 Å². The lowest BCUT2D eigenvalue weighted by Crippen LogP contribution is -2.33. The van der Waals surface area contributed by atoms with Crippen LogP contribution in [0.15, 0.2) is 35.7 Å². The molecule has 0 aliphatic carbocycles. The zero-order valence-electron chi connectivity index (χ0n) is 16.0. The number of rotatable bonds is 6. The molecule has 4 atom stereocenters. The molecule has 1 aliphatic rings. The summed E-state index contributed by atoms with van der Waals surface area (Å²) < 4.78 is 12.2. The smallest absolute Gasteiger partial charge is 0.228 e. The Morgan fingerprint density at radius 3 is 2.70 bits per heavy atom. The van der Waals surface area contributed by atoms with Gasteiger partial charge in [0.05, 0.1) is 19.9 Å². The molecule has 0 amide bonds. The Hall–Kier alpha value is -3.32. The Bertz CT molecular complexity index is 1060. The van der Waals surface area contributed by atoms with E-state index in [-0.39, 0.29) is 22.9 Å². The summed E-state index contributed by atoms with van der Waals surface area (Å²) in [6.07, 6.45) is -1.83. The molecule has 3 aromatic rings. The highest BCUT2D eigenvalue weighted by atomic mass is 16.6. The van der Waals surface area contributed by atoms with E-state index in [2.05, 4.69) is 25.5 Å². The lowest BCUT2D eigenvalue weighted by atomic mass is 10.1. The molecule has 6 N–H and O–H groups in total. The van der Waals surface area contributed by atoms with Crippen LogP contribution in [0.1, 0.15) is 11.8 Å². The summed E-state index contributed by atoms with van der Waals surface area (Å²) in [6, 6.07) is 7.24. The quantitative estimate of drug-likeness (QED) is 0.260. The summed E-state index contributed by atoms with van der Waals surface area (Å²) >= 11 is 0. The molecule has 0 spiro atoms. The minimum absolute atomic E-state index is 0.132. The molecule has 30 heavy (non-hydrogen) atoms. The average molecular weight is 415 g/mol. The van der Waals surface area contributed by atoms with Crippen molar-refractivity contribution in [2.75, 3.05) is 24.9 Å². The Labute approximate surface area is 170 Å². The SMILES string of the molecule is COc1ccc(C=NNc2nc3c(N)ncnc3n2[C@H]2O[C@@H](CO)[C@@H](O)[C@H]2O)cc1. The second kappa shape index (κ2) is 8.20. The maximum absolute atomic E-state index is 10.4. The van der Waals surface area contributed by atoms with Gasteiger partial charge in [-0.25, -0.2) is 20.4 Å². The fourth-order valence-corrected chi connectivity index (χ4v) is 3.19. The van der Waals surface area contributed by atoms with Gasteiger partial charge in [0, 0.05) is 0 Å². The first-order valence-corrected chi connectivity index (χ1v) is 9.07. The number of aromatic nitrogens is 4. The zero-order chi connectivity index (χ0) is 21.3. The lowest BCUT2D eigenvalue weighted by Gasteiger charge is -2.18. The second-order valence-corrected chi connectivity index (χ2v) is 6.61. The maximum Gasteiger partial charge on any atom is 0.228 e. The topological polar surface area (TPSA) is 173 Å². The van der Waals surface area contributed by atoms with Gasteiger partial charge < -0.3 is 30.5 Å². The summed E-state index contributed by atoms with van der Waals surface area (Å²) in [5, 5.41) is 34.1. The first-order valence-electron chi connectivity index (χ1n) is 9.07. The summed E-state index contributed by atoms with van der Waals surface area (Å²) in [7, 11) is 1.58. The van der Waals surface area contributed by atoms with Crippen molar-refractivity contribution in [3.8, 4) is 5.75 Å². The summed E-state index contributed by atoms with van der Waals surface area (Å²) in [5.74, 6) is 1.02. The first-order chi connectivity index (χ1) is 14.5. The number of hydrogen-bond acceptors (Lipinski definition) is 11. The van der Waals surface area contributed by atoms with Crippen molar-refractivity contribution >= 4 is 29.1 Å². The molecule has 12 heteroatoms. The van der Waals surface area contributed by atoms with Crippen molar-refractivity contribution in [1.29, 1.82) is 0 Å². The molecule has 0 radical (unpaired) electrons. The summed E-state index contributed by atoms with van der Waals surface area (Å²) in [6.45, 7) is -0.461. The number of fused-ring (bicyclic) bond motifs is 1. The van der Waals surface area contributed by atoms with Crippen LogP contribution in [0.5, 0.6) is 5.75 Å². The van der Waals surface area contributed by atoms with Gasteiger partial charge in [0.1, 0.15) is 30.4 Å². The molecule has 1 aromatic carbocycles. The fraction of sp³-hybridized carbons (Fsp3) is 0.333. The van der Waals surface area contributed by atoms with E-state index in [0.29, 0.717) is 0 Å². The Morgan fingerprint density at radius 2 is 2.03 bits per heavy atom. The van der Waals surface area contributed by atoms with Gasteiger partial charge in [0.15, 0.2) is 23.2 Å². The summed E-state index contributed by atoms with van der Waals surface area (Å²) in [5.41, 5.74) is 10.0. The highest BCUT2D eigenvalue weighted by Crippen LogP contribution is 2.35. The zero-order valence-corrected chi connectivity index (χ0v) is 16.0. The van der Waals surface area contributed by atoms with Crippen LogP contribution in [0.4, 0.5) is 11.8 Å². The molecule has 158 valence electrons. The number of aliphatic hydroxyl groups is 3. The number of nitrogens with zero attached hydrogens (tertiary/aromatic N) is 5. The van der Waals surface area contributed by atoms with E-state index in [4.69, 9.17) is 15.2 Å². The van der Waals surface area contributed by atoms with Crippen molar-refractivity contribution in [2.45, 2.75) is 24.5 Å². The molecule has 12 nitrogen and oxygen atoms in total. The molecule has 2 aromatic heterocycles. The van der Waals surface area contributed by atoms with Gasteiger partial charge in [-0.2, -0.15) is 5.10 Å². The molecule has 0 unspecified atom stereocenters. The number of imidazole rings is 1. The van der Waals surface area contributed by atoms with Gasteiger partial charge >= 0.3 is 0 Å². The molecular weight excluding hydrogens is 394 g/mol. The monoisotopic (exact) mass is 415 g/mol. The maximum atomic E-state index is 10.4. The van der Waals surface area contributed by atoms with Crippen LogP contribution in [0.3, 0.4) is 0 Å². The van der Waals surface area contributed by atoms with Crippen molar-refractivity contribution in [1.82, 2.24) is 19.5 Å². The van der Waals surface area contributed by atoms with Gasteiger partial charge in [0.25, 0.3) is 0 Å². The van der Waals surface area contributed by atoms with Crippen molar-refractivity contribution < 1.29 is 24.8 Å². The number of methoxy groups -OCH3 is 1. The highest BCUT2D eigenvalue weighted by molar-refractivity contribution is 5.84. The van der Waals surface area contributed by atoms with Crippen LogP contribution in [-0.4, -0.2) is 73.1 Å². The molecule has 0 saturated carbocycles. The van der Waals surface area contributed by atoms with Crippen LogP contribution < -0.4 is 15.9 Å². The molecule has 4 rings (SSSR count). The third kappa shape index (κ3) is 3.52. The van der Waals surface area contributed by atoms with Crippen LogP contribution in [0, 0.1) is 0 Å². The standard InChI is InChI=1S/C18H21N7O5/c1-29-10-4-2-9(3-5-10)6-22-24-18-23-12-15(19)20-8-21-16(12)25(18)17-14(28)13(27)11(7-26)30-17/h2-6,8,11,13-14,17,26-28H,7H2,1H3,(H,23,24)(H2,19,20,21)/t11-,13+,14+,17-/m0/s1. The molecule has 3 heterocycles. The van der Waals surface area contributed by atoms with Crippen molar-refractivity contribution in [2.24, 2.45) is 5.10 Å². The van der Waals surface area contributed by atoms with E-state index >= 15 is 0 Å². The minimum Gasteiger partial charge on any atom is -0.497 e. The number of hydrazone groups is 1. The van der Waals surface area contributed by atoms with Crippen LogP contribution in [0.25, 0.3) is 11.2 Å². The van der Waals surface area contributed by atoms with E-state index in [1.54, 1.807) is 25.5 Å². The molecule has 1 aliphatic heterocycles. The van der Waals surface area contributed by atoms with E-state index in [1.165, 1.54) is 10.9 Å². The number of ether oxygens (including phenoxy) is 2. The van der Waals surface area contributed by atoms with Crippen molar-refractivity contribution in [3.63, 3.8) is 0 Å². The van der Waals surface area contributed by atoms with Gasteiger partial charge in [0.2, 0.25) is 5.95 Å². The van der Waals surface area contributed by atoms with Gasteiger partial charge in [-0.3, -0.25) is 4.57 Å². The number of nitrogens with two attached hydrogens (primary N) is 1. The Morgan fingerprint density at radius 1 is 1.27 bits per heavy atom. The van der Waals surface area contributed by atoms with Crippen LogP contribution in [-0.2, 0) is 4.74 Å². The second-order valence-electron chi connectivity index (χ2n) is 6.61. The Balaban J connectivity index is 1.68. The number of hydrogen-bond donors (Lipinski definition) is 5. The predicted molar refractivity (Wildman–Crippen MR) is 107 cm³/mol. The summed E-state index contributed by atoms with van der Waals surface area (Å²) in [4.78, 5) is 12.4. The third-order valence-corrected chi connectivity index (χ3v) is 4.77. The van der Waals surface area contributed by atoms with Crippen molar-refractivity contribution in [3.05, 3.63) is 36.2 Å². The molecule has 0 bridgehead atoms. The number of benzene rings is 1. The number of aliphatic hydroxyl groups excluding tert-OH is 3. The largest absolute Gasteiger partial charge is 0.497 e. The fourth-order valence-electron chi connectivity index (χ4n) is 3.19. The molecule has 1 saturated heterocycles. The normalized spacial score (nSPS) is 24.0. The van der Waals surface area contributed by atoms with E-state index in [0.717, 1.165) is 11.3 Å². The van der Waals surface area contributed by atoms with E-state index in [1.807, 2.05) is 12.1 Å². The van der Waals surface area contributed by atoms with Gasteiger partial charge in [-0.05, 0) is 29.8 Å². The number of anilines is 2. The lowest BCUT2D eigenvalue weighted by molar-refractivity contribution is -0.0501. The van der Waals surface area contributed by atoms with Crippen LogP contribution >= 0.6 is 0 Å². The third-order valence-electron chi connectivity index (χ3n) is 4.77. The van der Waals surface area contributed by atoms with E-state index < -0.39 is 31.1 Å². The average Bonchev–Trinajstić information content (AvgIpc) is 3.26.